The van der Waals surface area contributed by atoms with Crippen LogP contribution in [0.5, 0.6) is 0 Å². The number of hydrogen-bond acceptors (Lipinski definition) is 5. The molecule has 0 spiro atoms. The molecule has 2 heterocycles. The topological polar surface area (TPSA) is 78.9 Å². The summed E-state index contributed by atoms with van der Waals surface area (Å²) in [4.78, 5) is 29.2. The van der Waals surface area contributed by atoms with Gasteiger partial charge in [-0.2, -0.15) is 0 Å². The van der Waals surface area contributed by atoms with Gasteiger partial charge in [0.25, 0.3) is 11.8 Å². The number of amides is 2. The maximum absolute atomic E-state index is 13.0. The molecular weight excluding hydrogens is 382 g/mol. The molecule has 1 fully saturated rings. The predicted octanol–water partition coefficient (Wildman–Crippen LogP) is 4.24. The number of anilines is 2. The molecule has 1 saturated carbocycles. The summed E-state index contributed by atoms with van der Waals surface area (Å²) in [6.45, 7) is 1.11. The number of carbonyl (C=O) groups is 2. The van der Waals surface area contributed by atoms with E-state index in [-0.39, 0.29) is 17.6 Å². The first-order valence-electron chi connectivity index (χ1n) is 9.99. The van der Waals surface area contributed by atoms with Crippen LogP contribution in [0.1, 0.15) is 39.5 Å². The Kier molecular flexibility index (Phi) is 5.61. The van der Waals surface area contributed by atoms with Gasteiger partial charge in [0, 0.05) is 38.6 Å². The summed E-state index contributed by atoms with van der Waals surface area (Å²) in [5.41, 5.74) is 2.57. The number of furan rings is 2. The summed E-state index contributed by atoms with van der Waals surface area (Å²) in [6.07, 6.45) is 5.26. The maximum Gasteiger partial charge on any atom is 0.291 e. The van der Waals surface area contributed by atoms with Crippen molar-refractivity contribution in [1.82, 2.24) is 4.90 Å². The van der Waals surface area contributed by atoms with Crippen molar-refractivity contribution in [3.05, 3.63) is 72.1 Å². The smallest absolute Gasteiger partial charge is 0.291 e. The van der Waals surface area contributed by atoms with Crippen molar-refractivity contribution in [2.45, 2.75) is 19.4 Å². The van der Waals surface area contributed by atoms with E-state index >= 15 is 0 Å². The van der Waals surface area contributed by atoms with Gasteiger partial charge in [0.1, 0.15) is 0 Å². The summed E-state index contributed by atoms with van der Waals surface area (Å²) in [5.74, 6) is 0.682. The number of nitrogens with zero attached hydrogens (tertiary/aromatic N) is 2. The molecule has 0 aliphatic heterocycles. The Morgan fingerprint density at radius 1 is 1.03 bits per heavy atom. The molecule has 0 atom stereocenters. The van der Waals surface area contributed by atoms with Gasteiger partial charge in [-0.15, -0.1) is 0 Å². The van der Waals surface area contributed by atoms with Crippen molar-refractivity contribution in [3.63, 3.8) is 0 Å². The first kappa shape index (κ1) is 19.8. The molecule has 0 unspecified atom stereocenters. The second kappa shape index (κ2) is 8.49. The number of rotatable bonds is 8. The zero-order chi connectivity index (χ0) is 21.1. The molecule has 2 aromatic heterocycles. The van der Waals surface area contributed by atoms with E-state index in [1.165, 1.54) is 12.5 Å². The molecule has 1 aliphatic rings. The highest BCUT2D eigenvalue weighted by Crippen LogP contribution is 2.32. The van der Waals surface area contributed by atoms with Gasteiger partial charge >= 0.3 is 0 Å². The van der Waals surface area contributed by atoms with Crippen LogP contribution in [-0.4, -0.2) is 37.4 Å². The van der Waals surface area contributed by atoms with E-state index in [9.17, 15) is 9.59 Å². The largest absolute Gasteiger partial charge is 0.459 e. The molecule has 0 bridgehead atoms. The quantitative estimate of drug-likeness (QED) is 0.604. The van der Waals surface area contributed by atoms with Crippen molar-refractivity contribution in [2.75, 3.05) is 30.9 Å². The summed E-state index contributed by atoms with van der Waals surface area (Å²) in [5, 5.41) is 2.86. The van der Waals surface area contributed by atoms with Gasteiger partial charge in [0.15, 0.2) is 11.5 Å². The lowest BCUT2D eigenvalue weighted by atomic mass is 10.1. The van der Waals surface area contributed by atoms with Gasteiger partial charge < -0.3 is 24.0 Å². The fraction of sp³-hybridized carbons (Fsp3) is 0.304. The lowest BCUT2D eigenvalue weighted by Gasteiger charge is -2.25. The average molecular weight is 407 g/mol. The Bertz CT molecular complexity index is 1010. The zero-order valence-electron chi connectivity index (χ0n) is 17.1. The number of nitrogens with one attached hydrogen (secondary N) is 1. The molecule has 2 amide bonds. The lowest BCUT2D eigenvalue weighted by molar-refractivity contribution is 0.0702. The number of hydrogen-bond donors (Lipinski definition) is 1. The van der Waals surface area contributed by atoms with Crippen LogP contribution in [0, 0.1) is 5.92 Å². The molecule has 1 aromatic carbocycles. The minimum Gasteiger partial charge on any atom is -0.459 e. The van der Waals surface area contributed by atoms with Crippen LogP contribution < -0.4 is 10.2 Å². The third-order valence-corrected chi connectivity index (χ3v) is 5.12. The highest BCUT2D eigenvalue weighted by molar-refractivity contribution is 6.02. The summed E-state index contributed by atoms with van der Waals surface area (Å²) >= 11 is 0. The monoisotopic (exact) mass is 407 g/mol. The standard InChI is InChI=1S/C23H25N3O4/c1-25(2)19-10-9-18(24-22(27)20-5-3-11-29-20)13-17(19)15-26(14-16-7-8-16)23(28)21-6-4-12-30-21/h3-6,9-13,16H,7-8,14-15H2,1-2H3,(H,24,27). The highest BCUT2D eigenvalue weighted by atomic mass is 16.3. The van der Waals surface area contributed by atoms with Gasteiger partial charge in [-0.1, -0.05) is 0 Å². The summed E-state index contributed by atoms with van der Waals surface area (Å²) in [7, 11) is 3.92. The SMILES string of the molecule is CN(C)c1ccc(NC(=O)c2ccco2)cc1CN(CC1CC1)C(=O)c1ccco1. The third-order valence-electron chi connectivity index (χ3n) is 5.12. The molecule has 0 saturated heterocycles. The molecule has 30 heavy (non-hydrogen) atoms. The Morgan fingerprint density at radius 3 is 2.33 bits per heavy atom. The number of carbonyl (C=O) groups excluding carboxylic acids is 2. The Hall–Kier alpha value is -3.48. The zero-order valence-corrected chi connectivity index (χ0v) is 17.1. The fourth-order valence-corrected chi connectivity index (χ4v) is 3.42. The Balaban J connectivity index is 1.59. The summed E-state index contributed by atoms with van der Waals surface area (Å²) in [6, 6.07) is 12.4. The molecular formula is C23H25N3O4. The molecule has 156 valence electrons. The van der Waals surface area contributed by atoms with Crippen LogP contribution in [0.4, 0.5) is 11.4 Å². The number of benzene rings is 1. The average Bonchev–Trinajstić information content (AvgIpc) is 3.18. The summed E-state index contributed by atoms with van der Waals surface area (Å²) < 4.78 is 10.5. The van der Waals surface area contributed by atoms with Crippen LogP contribution >= 0.6 is 0 Å². The minimum absolute atomic E-state index is 0.123. The van der Waals surface area contributed by atoms with E-state index in [2.05, 4.69) is 5.32 Å². The molecule has 1 N–H and O–H groups in total. The Morgan fingerprint density at radius 2 is 1.73 bits per heavy atom. The molecule has 1 aliphatic carbocycles. The minimum atomic E-state index is -0.315. The maximum atomic E-state index is 13.0. The van der Waals surface area contributed by atoms with Gasteiger partial charge in [0.2, 0.25) is 0 Å². The molecule has 0 radical (unpaired) electrons. The predicted molar refractivity (Wildman–Crippen MR) is 114 cm³/mol. The van der Waals surface area contributed by atoms with Crippen LogP contribution in [0.25, 0.3) is 0 Å². The van der Waals surface area contributed by atoms with Crippen molar-refractivity contribution in [3.8, 4) is 0 Å². The molecule has 3 aromatic rings. The normalized spacial score (nSPS) is 13.1. The second-order valence-electron chi connectivity index (χ2n) is 7.78. The van der Waals surface area contributed by atoms with Crippen LogP contribution in [0.2, 0.25) is 0 Å². The van der Waals surface area contributed by atoms with Gasteiger partial charge in [0.05, 0.1) is 12.5 Å². The van der Waals surface area contributed by atoms with Gasteiger partial charge in [-0.3, -0.25) is 9.59 Å². The van der Waals surface area contributed by atoms with Crippen LogP contribution in [0.15, 0.2) is 63.8 Å². The van der Waals surface area contributed by atoms with Crippen molar-refractivity contribution < 1.29 is 18.4 Å². The fourth-order valence-electron chi connectivity index (χ4n) is 3.42. The highest BCUT2D eigenvalue weighted by Gasteiger charge is 2.29. The van der Waals surface area contributed by atoms with E-state index in [0.29, 0.717) is 30.5 Å². The van der Waals surface area contributed by atoms with Crippen molar-refractivity contribution >= 4 is 23.2 Å². The van der Waals surface area contributed by atoms with Crippen molar-refractivity contribution in [1.29, 1.82) is 0 Å². The molecule has 7 nitrogen and oxygen atoms in total. The van der Waals surface area contributed by atoms with E-state index in [4.69, 9.17) is 8.83 Å². The first-order valence-corrected chi connectivity index (χ1v) is 9.99. The van der Waals surface area contributed by atoms with Gasteiger partial charge in [-0.05, 0) is 66.8 Å². The third kappa shape index (κ3) is 4.56. The lowest BCUT2D eigenvalue weighted by Crippen LogP contribution is -2.33. The van der Waals surface area contributed by atoms with E-state index in [0.717, 1.165) is 24.1 Å². The van der Waals surface area contributed by atoms with E-state index < -0.39 is 0 Å². The van der Waals surface area contributed by atoms with E-state index in [1.54, 1.807) is 24.3 Å². The van der Waals surface area contributed by atoms with Crippen LogP contribution in [-0.2, 0) is 6.54 Å². The van der Waals surface area contributed by atoms with Crippen molar-refractivity contribution in [2.24, 2.45) is 5.92 Å². The van der Waals surface area contributed by atoms with Crippen LogP contribution in [0.3, 0.4) is 0 Å². The second-order valence-corrected chi connectivity index (χ2v) is 7.78. The first-order chi connectivity index (χ1) is 14.5. The Labute approximate surface area is 175 Å². The van der Waals surface area contributed by atoms with Gasteiger partial charge in [-0.25, -0.2) is 0 Å². The molecule has 4 rings (SSSR count). The van der Waals surface area contributed by atoms with E-state index in [1.807, 2.05) is 42.1 Å². The molecule has 7 heteroatoms.